The summed E-state index contributed by atoms with van der Waals surface area (Å²) < 4.78 is 12.7. The Morgan fingerprint density at radius 2 is 1.74 bits per heavy atom. The lowest BCUT2D eigenvalue weighted by atomic mass is 9.97. The van der Waals surface area contributed by atoms with Crippen molar-refractivity contribution in [2.24, 2.45) is 7.05 Å². The lowest BCUT2D eigenvalue weighted by molar-refractivity contribution is 0.0924. The van der Waals surface area contributed by atoms with E-state index in [0.29, 0.717) is 23.6 Å². The van der Waals surface area contributed by atoms with Gasteiger partial charge in [-0.1, -0.05) is 24.3 Å². The molecular weight excluding hydrogens is 390 g/mol. The number of aryl methyl sites for hydroxylation is 1. The van der Waals surface area contributed by atoms with E-state index in [-0.39, 0.29) is 11.9 Å². The highest BCUT2D eigenvalue weighted by Crippen LogP contribution is 2.28. The molecule has 1 unspecified atom stereocenters. The van der Waals surface area contributed by atoms with Crippen LogP contribution in [0.5, 0.6) is 11.5 Å². The average Bonchev–Trinajstić information content (AvgIpc) is 3.24. The molecule has 162 valence electrons. The van der Waals surface area contributed by atoms with Crippen molar-refractivity contribution in [1.29, 1.82) is 0 Å². The Hall–Kier alpha value is -3.25. The van der Waals surface area contributed by atoms with Crippen LogP contribution in [0.15, 0.2) is 60.8 Å². The minimum atomic E-state index is -0.145. The third-order valence-corrected chi connectivity index (χ3v) is 6.00. The van der Waals surface area contributed by atoms with Crippen LogP contribution in [-0.2, 0) is 20.0 Å². The Balaban J connectivity index is 1.54. The highest BCUT2D eigenvalue weighted by Gasteiger charge is 2.27. The minimum Gasteiger partial charge on any atom is -0.497 e. The third-order valence-electron chi connectivity index (χ3n) is 6.00. The molecule has 0 saturated carbocycles. The van der Waals surface area contributed by atoms with Gasteiger partial charge >= 0.3 is 0 Å². The molecule has 0 saturated heterocycles. The van der Waals surface area contributed by atoms with Crippen molar-refractivity contribution >= 4 is 5.91 Å². The van der Waals surface area contributed by atoms with Crippen molar-refractivity contribution in [3.8, 4) is 11.5 Å². The van der Waals surface area contributed by atoms with Crippen LogP contribution in [0.1, 0.15) is 33.2 Å². The molecule has 4 rings (SSSR count). The van der Waals surface area contributed by atoms with Gasteiger partial charge in [-0.05, 0) is 41.8 Å². The monoisotopic (exact) mass is 419 g/mol. The average molecular weight is 420 g/mol. The molecule has 0 fully saturated rings. The van der Waals surface area contributed by atoms with E-state index in [9.17, 15) is 4.79 Å². The van der Waals surface area contributed by atoms with E-state index >= 15 is 0 Å². The summed E-state index contributed by atoms with van der Waals surface area (Å²) in [6.45, 7) is 2.34. The van der Waals surface area contributed by atoms with Gasteiger partial charge in [0.05, 0.1) is 20.3 Å². The van der Waals surface area contributed by atoms with Crippen LogP contribution >= 0.6 is 0 Å². The summed E-state index contributed by atoms with van der Waals surface area (Å²) in [4.78, 5) is 15.4. The maximum atomic E-state index is 13.0. The van der Waals surface area contributed by atoms with Gasteiger partial charge in [0.15, 0.2) is 0 Å². The minimum absolute atomic E-state index is 0.0739. The normalized spacial score (nSPS) is 14.5. The Bertz CT molecular complexity index is 1040. The van der Waals surface area contributed by atoms with Gasteiger partial charge in [-0.3, -0.25) is 9.69 Å². The summed E-state index contributed by atoms with van der Waals surface area (Å²) in [7, 11) is 5.21. The van der Waals surface area contributed by atoms with Gasteiger partial charge in [0.2, 0.25) is 0 Å². The fourth-order valence-electron chi connectivity index (χ4n) is 4.25. The number of hydrogen-bond donors (Lipinski definition) is 1. The quantitative estimate of drug-likeness (QED) is 0.636. The summed E-state index contributed by atoms with van der Waals surface area (Å²) in [5, 5.41) is 3.13. The van der Waals surface area contributed by atoms with Crippen molar-refractivity contribution in [1.82, 2.24) is 14.8 Å². The van der Waals surface area contributed by atoms with Crippen molar-refractivity contribution in [3.05, 3.63) is 83.2 Å². The van der Waals surface area contributed by atoms with Gasteiger partial charge in [-0.15, -0.1) is 0 Å². The number of nitrogens with one attached hydrogen (secondary N) is 1. The van der Waals surface area contributed by atoms with E-state index in [1.165, 1.54) is 16.8 Å². The number of carbonyl (C=O) groups is 1. The van der Waals surface area contributed by atoms with Crippen LogP contribution < -0.4 is 14.8 Å². The maximum Gasteiger partial charge on any atom is 0.251 e. The van der Waals surface area contributed by atoms with Crippen molar-refractivity contribution in [2.75, 3.05) is 27.3 Å². The molecule has 0 radical (unpaired) electrons. The fourth-order valence-corrected chi connectivity index (χ4v) is 4.25. The molecule has 2 aromatic carbocycles. The molecule has 2 heterocycles. The van der Waals surface area contributed by atoms with Crippen LogP contribution in [0.3, 0.4) is 0 Å². The molecule has 6 heteroatoms. The molecule has 0 aliphatic carbocycles. The van der Waals surface area contributed by atoms with Gasteiger partial charge in [0.1, 0.15) is 11.5 Å². The summed E-state index contributed by atoms with van der Waals surface area (Å²) >= 11 is 0. The number of aromatic nitrogens is 1. The first-order chi connectivity index (χ1) is 15.1. The molecule has 1 aliphatic rings. The standard InChI is InChI=1S/C25H29N3O3/c1-27-11-6-9-23(27)24(28-12-10-18-7-4-5-8-19(18)17-28)16-26-25(29)20-13-21(30-2)15-22(14-20)31-3/h4-9,11,13-15,24H,10,12,16-17H2,1-3H3,(H,26,29). The molecule has 1 amide bonds. The first-order valence-corrected chi connectivity index (χ1v) is 10.5. The summed E-state index contributed by atoms with van der Waals surface area (Å²) in [5.74, 6) is 1.04. The number of ether oxygens (including phenoxy) is 2. The first-order valence-electron chi connectivity index (χ1n) is 10.5. The molecule has 0 spiro atoms. The van der Waals surface area contributed by atoms with E-state index in [1.807, 2.05) is 0 Å². The Morgan fingerprint density at radius 3 is 2.39 bits per heavy atom. The number of fused-ring (bicyclic) bond motifs is 1. The molecule has 1 aromatic heterocycles. The van der Waals surface area contributed by atoms with Gasteiger partial charge in [0.25, 0.3) is 5.91 Å². The molecule has 1 atom stereocenters. The van der Waals surface area contributed by atoms with Crippen LogP contribution in [0.2, 0.25) is 0 Å². The second-order valence-electron chi connectivity index (χ2n) is 7.86. The second kappa shape index (κ2) is 9.27. The molecule has 0 bridgehead atoms. The number of rotatable bonds is 7. The van der Waals surface area contributed by atoms with E-state index in [2.05, 4.69) is 64.4 Å². The highest BCUT2D eigenvalue weighted by atomic mass is 16.5. The van der Waals surface area contributed by atoms with Gasteiger partial charge in [-0.2, -0.15) is 0 Å². The number of methoxy groups -OCH3 is 2. The Labute approximate surface area is 183 Å². The summed E-state index contributed by atoms with van der Waals surface area (Å²) in [6, 6.07) is 18.1. The third kappa shape index (κ3) is 4.59. The maximum absolute atomic E-state index is 13.0. The second-order valence-corrected chi connectivity index (χ2v) is 7.86. The zero-order chi connectivity index (χ0) is 21.8. The lowest BCUT2D eigenvalue weighted by Crippen LogP contribution is -2.41. The number of carbonyl (C=O) groups excluding carboxylic acids is 1. The van der Waals surface area contributed by atoms with Crippen molar-refractivity contribution in [3.63, 3.8) is 0 Å². The van der Waals surface area contributed by atoms with E-state index in [1.54, 1.807) is 32.4 Å². The largest absolute Gasteiger partial charge is 0.497 e. The molecule has 6 nitrogen and oxygen atoms in total. The summed E-state index contributed by atoms with van der Waals surface area (Å²) in [5.41, 5.74) is 4.47. The molecule has 1 N–H and O–H groups in total. The zero-order valence-corrected chi connectivity index (χ0v) is 18.3. The SMILES string of the molecule is COc1cc(OC)cc(C(=O)NCC(c2cccn2C)N2CCc3ccccc3C2)c1. The smallest absolute Gasteiger partial charge is 0.251 e. The topological polar surface area (TPSA) is 55.7 Å². The van der Waals surface area contributed by atoms with Crippen LogP contribution in [0, 0.1) is 0 Å². The number of hydrogen-bond acceptors (Lipinski definition) is 4. The van der Waals surface area contributed by atoms with Gasteiger partial charge in [-0.25, -0.2) is 0 Å². The van der Waals surface area contributed by atoms with Crippen molar-refractivity contribution in [2.45, 2.75) is 19.0 Å². The molecule has 31 heavy (non-hydrogen) atoms. The highest BCUT2D eigenvalue weighted by molar-refractivity contribution is 5.95. The van der Waals surface area contributed by atoms with Crippen LogP contribution in [-0.4, -0.2) is 42.7 Å². The van der Waals surface area contributed by atoms with E-state index < -0.39 is 0 Å². The molecule has 3 aromatic rings. The first kappa shape index (κ1) is 21.0. The number of benzene rings is 2. The Kier molecular flexibility index (Phi) is 6.28. The predicted octanol–water partition coefficient (Wildman–Crippen LogP) is 3.57. The zero-order valence-electron chi connectivity index (χ0n) is 18.3. The number of nitrogens with zero attached hydrogens (tertiary/aromatic N) is 2. The fraction of sp³-hybridized carbons (Fsp3) is 0.320. The van der Waals surface area contributed by atoms with Gasteiger partial charge in [0, 0.05) is 50.2 Å². The van der Waals surface area contributed by atoms with Crippen LogP contribution in [0.25, 0.3) is 0 Å². The predicted molar refractivity (Wildman–Crippen MR) is 121 cm³/mol. The van der Waals surface area contributed by atoms with Crippen molar-refractivity contribution < 1.29 is 14.3 Å². The molecular formula is C25H29N3O3. The van der Waals surface area contributed by atoms with E-state index in [0.717, 1.165) is 19.5 Å². The van der Waals surface area contributed by atoms with Crippen LogP contribution in [0.4, 0.5) is 0 Å². The Morgan fingerprint density at radius 1 is 1.03 bits per heavy atom. The van der Waals surface area contributed by atoms with Gasteiger partial charge < -0.3 is 19.4 Å². The van der Waals surface area contributed by atoms with E-state index in [4.69, 9.17) is 9.47 Å². The summed E-state index contributed by atoms with van der Waals surface area (Å²) in [6.07, 6.45) is 3.06. The lowest BCUT2D eigenvalue weighted by Gasteiger charge is -2.36. The number of amides is 1. The molecule has 1 aliphatic heterocycles.